The average Bonchev–Trinajstić information content (AvgIpc) is 2.44. The summed E-state index contributed by atoms with van der Waals surface area (Å²) in [5.74, 6) is -1.25. The fourth-order valence-corrected chi connectivity index (χ4v) is 0.833. The van der Waals surface area contributed by atoms with Crippen LogP contribution in [0.25, 0.3) is 0 Å². The van der Waals surface area contributed by atoms with E-state index in [2.05, 4.69) is 6.58 Å². The Balaban J connectivity index is 2.62. The Hall–Kier alpha value is -0.830. The predicted octanol–water partition coefficient (Wildman–Crippen LogP) is -1.36. The van der Waals surface area contributed by atoms with Gasteiger partial charge in [0.05, 0.1) is 11.5 Å². The van der Waals surface area contributed by atoms with E-state index in [0.29, 0.717) is 6.42 Å². The van der Waals surface area contributed by atoms with Gasteiger partial charge >= 0.3 is 0 Å². The summed E-state index contributed by atoms with van der Waals surface area (Å²) in [7, 11) is 0. The Morgan fingerprint density at radius 3 is 2.67 bits per heavy atom. The first-order valence-corrected chi connectivity index (χ1v) is 2.74. The predicted molar refractivity (Wildman–Crippen MR) is 30.2 cm³/mol. The maximum atomic E-state index is 10.2. The fourth-order valence-electron chi connectivity index (χ4n) is 0.833. The molecule has 0 saturated heterocycles. The summed E-state index contributed by atoms with van der Waals surface area (Å²) in [6.07, 6.45) is 2.02. The number of rotatable bonds is 2. The van der Waals surface area contributed by atoms with Crippen molar-refractivity contribution in [2.75, 3.05) is 0 Å². The molecule has 0 aromatic heterocycles. The van der Waals surface area contributed by atoms with Crippen molar-refractivity contribution in [3.8, 4) is 0 Å². The van der Waals surface area contributed by atoms with Crippen LogP contribution >= 0.6 is 0 Å². The smallest absolute Gasteiger partial charge is 0.0627 e. The number of aliphatic carboxylic acids is 1. The first kappa shape index (κ1) is 6.29. The maximum absolute atomic E-state index is 10.2. The molecule has 1 aliphatic carbocycles. The molecule has 0 amide bonds. The van der Waals surface area contributed by atoms with Crippen LogP contribution in [-0.4, -0.2) is 11.5 Å². The van der Waals surface area contributed by atoms with Crippen molar-refractivity contribution in [1.29, 1.82) is 0 Å². The molecule has 0 aromatic rings. The van der Waals surface area contributed by atoms with Crippen molar-refractivity contribution in [2.45, 2.75) is 12.0 Å². The van der Waals surface area contributed by atoms with Crippen molar-refractivity contribution >= 4 is 5.97 Å². The Kier molecular flexibility index (Phi) is 1.10. The lowest BCUT2D eigenvalue weighted by Crippen LogP contribution is -2.45. The van der Waals surface area contributed by atoms with Gasteiger partial charge in [-0.1, -0.05) is 6.08 Å². The Bertz CT molecular complexity index is 166. The van der Waals surface area contributed by atoms with Crippen LogP contribution in [0, 0.1) is 5.92 Å². The van der Waals surface area contributed by atoms with Gasteiger partial charge in [0.2, 0.25) is 0 Å². The van der Waals surface area contributed by atoms with Gasteiger partial charge in [-0.3, -0.25) is 0 Å². The van der Waals surface area contributed by atoms with Gasteiger partial charge in [0.15, 0.2) is 0 Å². The maximum Gasteiger partial charge on any atom is 0.0627 e. The Labute approximate surface area is 53.2 Å². The second kappa shape index (κ2) is 1.57. The highest BCUT2D eigenvalue weighted by molar-refractivity contribution is 5.81. The summed E-state index contributed by atoms with van der Waals surface area (Å²) in [5, 5.41) is 10.2. The topological polar surface area (TPSA) is 66.2 Å². The normalized spacial score (nSPS) is 39.9. The van der Waals surface area contributed by atoms with Crippen molar-refractivity contribution in [2.24, 2.45) is 11.7 Å². The van der Waals surface area contributed by atoms with Crippen LogP contribution < -0.4 is 10.8 Å². The Morgan fingerprint density at radius 1 is 2.00 bits per heavy atom. The van der Waals surface area contributed by atoms with E-state index >= 15 is 0 Å². The van der Waals surface area contributed by atoms with Crippen LogP contribution in [0.5, 0.6) is 0 Å². The quantitative estimate of drug-likeness (QED) is 0.465. The molecule has 50 valence electrons. The lowest BCUT2D eigenvalue weighted by molar-refractivity contribution is -0.309. The molecule has 1 aliphatic rings. The molecule has 0 unspecified atom stereocenters. The lowest BCUT2D eigenvalue weighted by atomic mass is 10.2. The van der Waals surface area contributed by atoms with E-state index in [1.54, 1.807) is 6.08 Å². The van der Waals surface area contributed by atoms with Crippen molar-refractivity contribution in [1.82, 2.24) is 0 Å². The Morgan fingerprint density at radius 2 is 2.56 bits per heavy atom. The number of hydrogen-bond acceptors (Lipinski definition) is 3. The van der Waals surface area contributed by atoms with E-state index in [4.69, 9.17) is 5.73 Å². The molecule has 3 heteroatoms. The van der Waals surface area contributed by atoms with Crippen LogP contribution in [0.15, 0.2) is 12.7 Å². The standard InChI is InChI=1S/C6H9NO2/c1-2-4-3-6(4,7)5(8)9/h2,4H,1,3,7H2,(H,8,9)/p-1/t4-,6-/m0/s1. The third kappa shape index (κ3) is 0.733. The molecular formula is C6H8NO2-. The molecule has 1 fully saturated rings. The molecule has 0 radical (unpaired) electrons. The monoisotopic (exact) mass is 126 g/mol. The van der Waals surface area contributed by atoms with E-state index in [1.165, 1.54) is 0 Å². The first-order chi connectivity index (χ1) is 4.11. The van der Waals surface area contributed by atoms with Crippen LogP contribution in [-0.2, 0) is 4.79 Å². The van der Waals surface area contributed by atoms with Crippen molar-refractivity contribution < 1.29 is 9.90 Å². The van der Waals surface area contributed by atoms with Gasteiger partial charge in [-0.05, 0) is 6.42 Å². The highest BCUT2D eigenvalue weighted by Crippen LogP contribution is 2.40. The number of nitrogens with two attached hydrogens (primary N) is 1. The third-order valence-corrected chi connectivity index (χ3v) is 1.72. The van der Waals surface area contributed by atoms with E-state index in [0.717, 1.165) is 0 Å². The van der Waals surface area contributed by atoms with Gasteiger partial charge in [0, 0.05) is 5.92 Å². The third-order valence-electron chi connectivity index (χ3n) is 1.72. The number of carbonyl (C=O) groups excluding carboxylic acids is 1. The number of carbonyl (C=O) groups is 1. The fraction of sp³-hybridized carbons (Fsp3) is 0.500. The van der Waals surface area contributed by atoms with Gasteiger partial charge in [-0.25, -0.2) is 0 Å². The molecule has 1 rings (SSSR count). The van der Waals surface area contributed by atoms with Crippen LogP contribution in [0.4, 0.5) is 0 Å². The molecule has 0 heterocycles. The SMILES string of the molecule is C=C[C@H]1C[C@@]1(N)C(=O)[O-]. The molecule has 0 aromatic carbocycles. The van der Waals surface area contributed by atoms with Gasteiger partial charge in [0.1, 0.15) is 0 Å². The molecule has 1 saturated carbocycles. The van der Waals surface area contributed by atoms with E-state index < -0.39 is 11.5 Å². The number of carboxylic acids is 1. The van der Waals surface area contributed by atoms with Crippen LogP contribution in [0.1, 0.15) is 6.42 Å². The highest BCUT2D eigenvalue weighted by atomic mass is 16.4. The molecule has 9 heavy (non-hydrogen) atoms. The van der Waals surface area contributed by atoms with Crippen LogP contribution in [0.2, 0.25) is 0 Å². The molecular weight excluding hydrogens is 118 g/mol. The summed E-state index contributed by atoms with van der Waals surface area (Å²) in [5.41, 5.74) is 4.22. The summed E-state index contributed by atoms with van der Waals surface area (Å²) < 4.78 is 0. The zero-order valence-corrected chi connectivity index (χ0v) is 4.96. The summed E-state index contributed by atoms with van der Waals surface area (Å²) in [6, 6.07) is 0. The molecule has 0 bridgehead atoms. The van der Waals surface area contributed by atoms with E-state index in [-0.39, 0.29) is 5.92 Å². The highest BCUT2D eigenvalue weighted by Gasteiger charge is 2.50. The van der Waals surface area contributed by atoms with Gasteiger partial charge in [-0.15, -0.1) is 6.58 Å². The van der Waals surface area contributed by atoms with Crippen molar-refractivity contribution in [3.63, 3.8) is 0 Å². The van der Waals surface area contributed by atoms with E-state index in [1.807, 2.05) is 0 Å². The molecule has 0 spiro atoms. The first-order valence-electron chi connectivity index (χ1n) is 2.74. The molecule has 3 nitrogen and oxygen atoms in total. The molecule has 0 aliphatic heterocycles. The summed E-state index contributed by atoms with van der Waals surface area (Å²) in [4.78, 5) is 10.2. The minimum Gasteiger partial charge on any atom is -0.548 e. The van der Waals surface area contributed by atoms with Gasteiger partial charge < -0.3 is 15.6 Å². The summed E-state index contributed by atoms with van der Waals surface area (Å²) >= 11 is 0. The molecule has 2 atom stereocenters. The zero-order chi connectivity index (χ0) is 7.07. The largest absolute Gasteiger partial charge is 0.548 e. The second-order valence-electron chi connectivity index (χ2n) is 2.37. The minimum absolute atomic E-state index is 0.0810. The summed E-state index contributed by atoms with van der Waals surface area (Å²) in [6.45, 7) is 3.43. The number of carboxylic acid groups (broad SMARTS) is 1. The average molecular weight is 126 g/mol. The minimum atomic E-state index is -1.17. The molecule has 2 N–H and O–H groups in total. The van der Waals surface area contributed by atoms with Gasteiger partial charge in [0.25, 0.3) is 0 Å². The number of hydrogen-bond donors (Lipinski definition) is 1. The van der Waals surface area contributed by atoms with Crippen molar-refractivity contribution in [3.05, 3.63) is 12.7 Å². The van der Waals surface area contributed by atoms with E-state index in [9.17, 15) is 9.90 Å². The van der Waals surface area contributed by atoms with Gasteiger partial charge in [-0.2, -0.15) is 0 Å². The second-order valence-corrected chi connectivity index (χ2v) is 2.37. The lowest BCUT2D eigenvalue weighted by Gasteiger charge is -2.09. The van der Waals surface area contributed by atoms with Crippen LogP contribution in [0.3, 0.4) is 0 Å². The zero-order valence-electron chi connectivity index (χ0n) is 4.96.